The molecule has 4 heteroatoms. The number of hydrogen-bond donors (Lipinski definition) is 1. The Hall–Kier alpha value is -1.60. The summed E-state index contributed by atoms with van der Waals surface area (Å²) < 4.78 is 5.32. The molecule has 74 valence electrons. The van der Waals surface area contributed by atoms with Gasteiger partial charge in [0.15, 0.2) is 0 Å². The topological polar surface area (TPSA) is 57.9 Å². The molecule has 0 spiro atoms. The van der Waals surface area contributed by atoms with E-state index in [9.17, 15) is 0 Å². The Morgan fingerprint density at radius 1 is 1.57 bits per heavy atom. The Bertz CT molecular complexity index is 302. The van der Waals surface area contributed by atoms with E-state index in [0.29, 0.717) is 18.1 Å². The van der Waals surface area contributed by atoms with Gasteiger partial charge in [-0.05, 0) is 12.6 Å². The lowest BCUT2D eigenvalue weighted by atomic mass is 10.3. The van der Waals surface area contributed by atoms with Crippen molar-refractivity contribution in [1.29, 1.82) is 5.26 Å². The Kier molecular flexibility index (Phi) is 4.45. The fourth-order valence-corrected chi connectivity index (χ4v) is 0.936. The van der Waals surface area contributed by atoms with Crippen LogP contribution >= 0.6 is 0 Å². The zero-order valence-corrected chi connectivity index (χ0v) is 8.16. The molecule has 14 heavy (non-hydrogen) atoms. The van der Waals surface area contributed by atoms with E-state index in [0.717, 1.165) is 13.1 Å². The zero-order valence-electron chi connectivity index (χ0n) is 8.16. The Labute approximate surface area is 83.5 Å². The largest absolute Gasteiger partial charge is 0.476 e. The summed E-state index contributed by atoms with van der Waals surface area (Å²) in [7, 11) is 0. The summed E-state index contributed by atoms with van der Waals surface area (Å²) in [6, 6.07) is 5.39. The molecule has 1 heterocycles. The fourth-order valence-electron chi connectivity index (χ4n) is 0.936. The Morgan fingerprint density at radius 2 is 2.43 bits per heavy atom. The van der Waals surface area contributed by atoms with Crippen molar-refractivity contribution in [3.8, 4) is 11.9 Å². The van der Waals surface area contributed by atoms with Gasteiger partial charge in [0.05, 0.1) is 5.56 Å². The monoisotopic (exact) mass is 191 g/mol. The van der Waals surface area contributed by atoms with Crippen LogP contribution in [0.3, 0.4) is 0 Å². The second-order valence-corrected chi connectivity index (χ2v) is 2.70. The molecular weight excluding hydrogens is 178 g/mol. The second kappa shape index (κ2) is 5.95. The number of ether oxygens (including phenoxy) is 1. The van der Waals surface area contributed by atoms with Gasteiger partial charge in [-0.1, -0.05) is 6.92 Å². The Morgan fingerprint density at radius 3 is 3.00 bits per heavy atom. The van der Waals surface area contributed by atoms with Crippen LogP contribution in [0.2, 0.25) is 0 Å². The van der Waals surface area contributed by atoms with E-state index < -0.39 is 0 Å². The molecule has 0 aliphatic heterocycles. The van der Waals surface area contributed by atoms with Crippen LogP contribution in [-0.2, 0) is 0 Å². The van der Waals surface area contributed by atoms with Crippen LogP contribution in [0, 0.1) is 11.3 Å². The van der Waals surface area contributed by atoms with E-state index in [1.165, 1.54) is 6.20 Å². The molecule has 0 amide bonds. The van der Waals surface area contributed by atoms with Crippen molar-refractivity contribution in [1.82, 2.24) is 10.3 Å². The van der Waals surface area contributed by atoms with Gasteiger partial charge < -0.3 is 10.1 Å². The van der Waals surface area contributed by atoms with Gasteiger partial charge in [-0.3, -0.25) is 0 Å². The van der Waals surface area contributed by atoms with Gasteiger partial charge in [0, 0.05) is 18.8 Å². The molecule has 4 nitrogen and oxygen atoms in total. The van der Waals surface area contributed by atoms with Crippen LogP contribution in [0.25, 0.3) is 0 Å². The third-order valence-electron chi connectivity index (χ3n) is 1.64. The van der Waals surface area contributed by atoms with Crippen molar-refractivity contribution in [3.63, 3.8) is 0 Å². The molecule has 0 saturated heterocycles. The molecule has 0 aromatic carbocycles. The summed E-state index contributed by atoms with van der Waals surface area (Å²) >= 11 is 0. The molecule has 0 unspecified atom stereocenters. The predicted molar refractivity (Wildman–Crippen MR) is 53.0 cm³/mol. The first-order chi connectivity index (χ1) is 6.86. The summed E-state index contributed by atoms with van der Waals surface area (Å²) in [5.41, 5.74) is 0.545. The minimum atomic E-state index is 0.545. The summed E-state index contributed by atoms with van der Waals surface area (Å²) in [6.07, 6.45) is 1.50. The molecule has 0 radical (unpaired) electrons. The lowest BCUT2D eigenvalue weighted by Gasteiger charge is -2.04. The number of pyridine rings is 1. The highest BCUT2D eigenvalue weighted by Gasteiger charge is 1.95. The van der Waals surface area contributed by atoms with Crippen LogP contribution < -0.4 is 10.1 Å². The van der Waals surface area contributed by atoms with Crippen molar-refractivity contribution >= 4 is 0 Å². The van der Waals surface area contributed by atoms with Crippen LogP contribution in [0.1, 0.15) is 12.5 Å². The molecule has 0 fully saturated rings. The van der Waals surface area contributed by atoms with E-state index in [-0.39, 0.29) is 0 Å². The summed E-state index contributed by atoms with van der Waals surface area (Å²) in [4.78, 5) is 3.97. The smallest absolute Gasteiger partial charge is 0.213 e. The fraction of sp³-hybridized carbons (Fsp3) is 0.400. The zero-order chi connectivity index (χ0) is 10.2. The standard InChI is InChI=1S/C10H13N3O/c1-2-12-5-6-14-10-4-3-9(7-11)8-13-10/h3-4,8,12H,2,5-6H2,1H3. The molecule has 1 aromatic heterocycles. The van der Waals surface area contributed by atoms with Gasteiger partial charge in [0.1, 0.15) is 12.7 Å². The molecule has 0 saturated carbocycles. The maximum atomic E-state index is 8.53. The molecule has 0 aliphatic rings. The lowest BCUT2D eigenvalue weighted by Crippen LogP contribution is -2.20. The molecule has 1 N–H and O–H groups in total. The minimum Gasteiger partial charge on any atom is -0.476 e. The van der Waals surface area contributed by atoms with Crippen molar-refractivity contribution < 1.29 is 4.74 Å². The highest BCUT2D eigenvalue weighted by Crippen LogP contribution is 2.05. The van der Waals surface area contributed by atoms with Crippen molar-refractivity contribution in [3.05, 3.63) is 23.9 Å². The van der Waals surface area contributed by atoms with Crippen molar-refractivity contribution in [2.24, 2.45) is 0 Å². The SMILES string of the molecule is CCNCCOc1ccc(C#N)cn1. The van der Waals surface area contributed by atoms with Crippen molar-refractivity contribution in [2.75, 3.05) is 19.7 Å². The third-order valence-corrected chi connectivity index (χ3v) is 1.64. The van der Waals surface area contributed by atoms with E-state index in [4.69, 9.17) is 10.00 Å². The normalized spacial score (nSPS) is 9.43. The van der Waals surface area contributed by atoms with Gasteiger partial charge in [-0.25, -0.2) is 4.98 Å². The minimum absolute atomic E-state index is 0.545. The summed E-state index contributed by atoms with van der Waals surface area (Å²) in [5, 5.41) is 11.7. The lowest BCUT2D eigenvalue weighted by molar-refractivity contribution is 0.303. The first-order valence-corrected chi connectivity index (χ1v) is 4.56. The number of rotatable bonds is 5. The molecule has 0 bridgehead atoms. The predicted octanol–water partition coefficient (Wildman–Crippen LogP) is 0.942. The van der Waals surface area contributed by atoms with Crippen molar-refractivity contribution in [2.45, 2.75) is 6.92 Å². The van der Waals surface area contributed by atoms with Crippen LogP contribution in [-0.4, -0.2) is 24.7 Å². The van der Waals surface area contributed by atoms with Gasteiger partial charge >= 0.3 is 0 Å². The Balaban J connectivity index is 2.33. The number of hydrogen-bond acceptors (Lipinski definition) is 4. The molecule has 0 aliphatic carbocycles. The van der Waals surface area contributed by atoms with E-state index in [1.54, 1.807) is 12.1 Å². The molecule has 0 atom stereocenters. The number of nitriles is 1. The molecule has 1 rings (SSSR count). The van der Waals surface area contributed by atoms with Crippen LogP contribution in [0.4, 0.5) is 0 Å². The molecule has 1 aromatic rings. The number of likely N-dealkylation sites (N-methyl/N-ethyl adjacent to an activating group) is 1. The third kappa shape index (κ3) is 3.42. The highest BCUT2D eigenvalue weighted by atomic mass is 16.5. The van der Waals surface area contributed by atoms with Gasteiger partial charge in [0.2, 0.25) is 5.88 Å². The van der Waals surface area contributed by atoms with E-state index in [2.05, 4.69) is 10.3 Å². The highest BCUT2D eigenvalue weighted by molar-refractivity contribution is 5.28. The van der Waals surface area contributed by atoms with Gasteiger partial charge in [0.25, 0.3) is 0 Å². The molecular formula is C10H13N3O. The maximum absolute atomic E-state index is 8.53. The van der Waals surface area contributed by atoms with E-state index in [1.807, 2.05) is 13.0 Å². The number of aromatic nitrogens is 1. The van der Waals surface area contributed by atoms with Gasteiger partial charge in [-0.2, -0.15) is 5.26 Å². The number of nitrogens with one attached hydrogen (secondary N) is 1. The summed E-state index contributed by atoms with van der Waals surface area (Å²) in [5.74, 6) is 0.557. The second-order valence-electron chi connectivity index (χ2n) is 2.70. The first-order valence-electron chi connectivity index (χ1n) is 4.56. The average Bonchev–Trinajstić information content (AvgIpc) is 2.25. The van der Waals surface area contributed by atoms with Crippen LogP contribution in [0.5, 0.6) is 5.88 Å². The maximum Gasteiger partial charge on any atom is 0.213 e. The quantitative estimate of drug-likeness (QED) is 0.704. The first kappa shape index (κ1) is 10.5. The number of nitrogens with zero attached hydrogens (tertiary/aromatic N) is 2. The summed E-state index contributed by atoms with van der Waals surface area (Å²) in [6.45, 7) is 4.37. The van der Waals surface area contributed by atoms with E-state index >= 15 is 0 Å². The average molecular weight is 191 g/mol. The van der Waals surface area contributed by atoms with Gasteiger partial charge in [-0.15, -0.1) is 0 Å². The van der Waals surface area contributed by atoms with Crippen LogP contribution in [0.15, 0.2) is 18.3 Å².